The molecule has 0 saturated carbocycles. The summed E-state index contributed by atoms with van der Waals surface area (Å²) in [4.78, 5) is 12.5. The number of rotatable bonds is 5. The van der Waals surface area contributed by atoms with Crippen LogP contribution in [0.15, 0.2) is 46.9 Å². The fourth-order valence-corrected chi connectivity index (χ4v) is 6.33. The Morgan fingerprint density at radius 1 is 1.24 bits per heavy atom. The zero-order chi connectivity index (χ0) is 23.9. The van der Waals surface area contributed by atoms with E-state index < -0.39 is 10.2 Å². The number of hydrogen-bond acceptors (Lipinski definition) is 8. The Morgan fingerprint density at radius 2 is 2.09 bits per heavy atom. The quantitative estimate of drug-likeness (QED) is 0.553. The normalized spacial score (nSPS) is 19.3. The van der Waals surface area contributed by atoms with Crippen LogP contribution in [0.1, 0.15) is 12.1 Å². The van der Waals surface area contributed by atoms with Crippen LogP contribution < -0.4 is 5.32 Å². The molecule has 0 radical (unpaired) electrons. The standard InChI is InChI=1S/C22H27N7O3S2/c1-26-11-7-18(24-21(26)23-8-12-28-10-4-9-27(2)34(28,31)32)20-19(16-5-3-6-17(30)15-16)25-22-29(20)13-14-33-22/h3,5-7,13-15,30H,4,8-12H2,1-2H3,(H,23,24). The van der Waals surface area contributed by atoms with Gasteiger partial charge in [-0.05, 0) is 24.6 Å². The number of imidazole rings is 1. The fraction of sp³-hybridized carbons (Fsp3) is 0.364. The van der Waals surface area contributed by atoms with Crippen LogP contribution in [0.2, 0.25) is 0 Å². The number of benzene rings is 1. The van der Waals surface area contributed by atoms with Crippen LogP contribution in [0.3, 0.4) is 0 Å². The Labute approximate surface area is 202 Å². The van der Waals surface area contributed by atoms with E-state index in [1.807, 2.05) is 40.1 Å². The summed E-state index contributed by atoms with van der Waals surface area (Å²) in [6.07, 6.45) is 4.83. The van der Waals surface area contributed by atoms with Gasteiger partial charge in [-0.2, -0.15) is 17.0 Å². The summed E-state index contributed by atoms with van der Waals surface area (Å²) in [5.74, 6) is 0.855. The number of phenols is 1. The second kappa shape index (κ2) is 9.02. The van der Waals surface area contributed by atoms with Crippen molar-refractivity contribution < 1.29 is 13.5 Å². The average Bonchev–Trinajstić information content (AvgIpc) is 3.40. The molecule has 1 aromatic carbocycles. The van der Waals surface area contributed by atoms with Crippen molar-refractivity contribution in [1.82, 2.24) is 28.2 Å². The molecule has 34 heavy (non-hydrogen) atoms. The topological polar surface area (TPSA) is 106 Å². The van der Waals surface area contributed by atoms with Gasteiger partial charge in [0.05, 0.1) is 17.1 Å². The molecule has 5 rings (SSSR count). The number of nitrogens with zero attached hydrogens (tertiary/aromatic N) is 6. The number of aliphatic imine (C=N–C) groups is 1. The highest BCUT2D eigenvalue weighted by Gasteiger charge is 2.30. The third-order valence-electron chi connectivity index (χ3n) is 6.02. The molecule has 4 heterocycles. The van der Waals surface area contributed by atoms with E-state index in [4.69, 9.17) is 9.98 Å². The van der Waals surface area contributed by atoms with Gasteiger partial charge >= 0.3 is 0 Å². The Hall–Kier alpha value is -2.93. The van der Waals surface area contributed by atoms with Gasteiger partial charge in [-0.1, -0.05) is 12.1 Å². The molecule has 1 fully saturated rings. The van der Waals surface area contributed by atoms with E-state index in [9.17, 15) is 13.5 Å². The van der Waals surface area contributed by atoms with E-state index in [2.05, 4.69) is 5.32 Å². The molecular formula is C22H27N7O3S2. The lowest BCUT2D eigenvalue weighted by Gasteiger charge is -2.33. The van der Waals surface area contributed by atoms with E-state index in [1.165, 1.54) is 19.9 Å². The van der Waals surface area contributed by atoms with Gasteiger partial charge in [-0.3, -0.25) is 4.40 Å². The third-order valence-corrected chi connectivity index (χ3v) is 8.76. The minimum absolute atomic E-state index is 0.182. The number of aromatic nitrogens is 2. The van der Waals surface area contributed by atoms with E-state index >= 15 is 0 Å². The first-order chi connectivity index (χ1) is 16.3. The number of likely N-dealkylation sites (N-methyl/N-ethyl adjacent to an activating group) is 1. The monoisotopic (exact) mass is 501 g/mol. The van der Waals surface area contributed by atoms with Crippen molar-refractivity contribution in [2.24, 2.45) is 4.99 Å². The van der Waals surface area contributed by atoms with Crippen LogP contribution >= 0.6 is 11.3 Å². The molecule has 2 aromatic heterocycles. The maximum Gasteiger partial charge on any atom is 0.281 e. The van der Waals surface area contributed by atoms with Gasteiger partial charge in [0.1, 0.15) is 5.75 Å². The van der Waals surface area contributed by atoms with Crippen LogP contribution in [0.4, 0.5) is 0 Å². The van der Waals surface area contributed by atoms with Crippen molar-refractivity contribution in [2.45, 2.75) is 6.42 Å². The van der Waals surface area contributed by atoms with Gasteiger partial charge in [0.15, 0.2) is 10.9 Å². The van der Waals surface area contributed by atoms with Crippen LogP contribution in [0.5, 0.6) is 5.75 Å². The highest BCUT2D eigenvalue weighted by atomic mass is 32.2. The first-order valence-electron chi connectivity index (χ1n) is 11.0. The van der Waals surface area contributed by atoms with E-state index in [1.54, 1.807) is 25.2 Å². The Morgan fingerprint density at radius 3 is 2.91 bits per heavy atom. The van der Waals surface area contributed by atoms with E-state index in [-0.39, 0.29) is 5.75 Å². The summed E-state index contributed by atoms with van der Waals surface area (Å²) >= 11 is 1.54. The second-order valence-electron chi connectivity index (χ2n) is 8.33. The Bertz CT molecular complexity index is 1380. The Kier molecular flexibility index (Phi) is 6.06. The number of thiazole rings is 1. The zero-order valence-corrected chi connectivity index (χ0v) is 20.7. The highest BCUT2D eigenvalue weighted by molar-refractivity contribution is 7.86. The number of hydrogen-bond donors (Lipinski definition) is 2. The molecule has 3 aromatic rings. The van der Waals surface area contributed by atoms with Gasteiger partial charge in [0.2, 0.25) is 0 Å². The van der Waals surface area contributed by atoms with Crippen molar-refractivity contribution in [3.63, 3.8) is 0 Å². The van der Waals surface area contributed by atoms with E-state index in [0.29, 0.717) is 38.7 Å². The zero-order valence-electron chi connectivity index (χ0n) is 19.0. The molecule has 0 atom stereocenters. The summed E-state index contributed by atoms with van der Waals surface area (Å²) in [6, 6.07) is 7.05. The smallest absolute Gasteiger partial charge is 0.281 e. The minimum Gasteiger partial charge on any atom is -0.508 e. The number of fused-ring (bicyclic) bond motifs is 1. The molecular weight excluding hydrogens is 474 g/mol. The van der Waals surface area contributed by atoms with E-state index in [0.717, 1.165) is 34.0 Å². The molecule has 2 aliphatic heterocycles. The largest absolute Gasteiger partial charge is 0.508 e. The SMILES string of the molecule is CN1CC=C(c2c(-c3cccc(O)c3)nc3sccn23)N=C1NCCN1CCCN(C)S1(=O)=O. The van der Waals surface area contributed by atoms with Gasteiger partial charge in [0.25, 0.3) is 10.2 Å². The summed E-state index contributed by atoms with van der Waals surface area (Å²) in [6.45, 7) is 2.54. The van der Waals surface area contributed by atoms with Crippen LogP contribution in [-0.4, -0.2) is 89.2 Å². The number of phenolic OH excluding ortho intramolecular Hbond substituents is 1. The summed E-state index contributed by atoms with van der Waals surface area (Å²) < 4.78 is 29.9. The van der Waals surface area contributed by atoms with Gasteiger partial charge in [-0.25, -0.2) is 9.98 Å². The molecule has 12 heteroatoms. The molecule has 0 bridgehead atoms. The Balaban J connectivity index is 1.41. The highest BCUT2D eigenvalue weighted by Crippen LogP contribution is 2.34. The summed E-state index contributed by atoms with van der Waals surface area (Å²) in [5, 5.41) is 15.3. The van der Waals surface area contributed by atoms with Crippen LogP contribution in [0, 0.1) is 0 Å². The fourth-order valence-electron chi connectivity index (χ4n) is 4.18. The molecule has 0 amide bonds. The molecule has 10 nitrogen and oxygen atoms in total. The lowest BCUT2D eigenvalue weighted by Crippen LogP contribution is -2.51. The second-order valence-corrected chi connectivity index (χ2v) is 11.2. The molecule has 0 aliphatic carbocycles. The maximum atomic E-state index is 12.5. The number of aromatic hydroxyl groups is 1. The first kappa shape index (κ1) is 22.8. The van der Waals surface area contributed by atoms with Crippen molar-refractivity contribution in [3.05, 3.63) is 47.6 Å². The molecule has 2 N–H and O–H groups in total. The number of nitrogens with one attached hydrogen (secondary N) is 1. The average molecular weight is 502 g/mol. The molecule has 0 spiro atoms. The maximum absolute atomic E-state index is 12.5. The molecule has 180 valence electrons. The van der Waals surface area contributed by atoms with Crippen LogP contribution in [0.25, 0.3) is 21.9 Å². The van der Waals surface area contributed by atoms with Crippen molar-refractivity contribution in [2.75, 3.05) is 46.8 Å². The van der Waals surface area contributed by atoms with Crippen molar-refractivity contribution >= 4 is 38.2 Å². The van der Waals surface area contributed by atoms with Gasteiger partial charge < -0.3 is 15.3 Å². The van der Waals surface area contributed by atoms with Gasteiger partial charge in [0, 0.05) is 64.0 Å². The summed E-state index contributed by atoms with van der Waals surface area (Å²) in [7, 11) is 0.167. The lowest BCUT2D eigenvalue weighted by molar-refractivity contribution is 0.308. The van der Waals surface area contributed by atoms with Gasteiger partial charge in [-0.15, -0.1) is 11.3 Å². The lowest BCUT2D eigenvalue weighted by atomic mass is 10.1. The first-order valence-corrected chi connectivity index (χ1v) is 13.3. The molecule has 1 saturated heterocycles. The number of guanidine groups is 1. The summed E-state index contributed by atoms with van der Waals surface area (Å²) in [5.41, 5.74) is 3.20. The molecule has 2 aliphatic rings. The minimum atomic E-state index is -3.39. The third kappa shape index (κ3) is 4.17. The van der Waals surface area contributed by atoms with Crippen molar-refractivity contribution in [3.8, 4) is 17.0 Å². The predicted octanol–water partition coefficient (Wildman–Crippen LogP) is 1.88. The van der Waals surface area contributed by atoms with Crippen LogP contribution in [-0.2, 0) is 10.2 Å². The molecule has 0 unspecified atom stereocenters. The predicted molar refractivity (Wildman–Crippen MR) is 134 cm³/mol. The van der Waals surface area contributed by atoms with Crippen molar-refractivity contribution in [1.29, 1.82) is 0 Å².